The Morgan fingerprint density at radius 3 is 2.50 bits per heavy atom. The molecule has 0 saturated carbocycles. The van der Waals surface area contributed by atoms with E-state index in [9.17, 15) is 8.78 Å². The number of aromatic nitrogens is 1. The summed E-state index contributed by atoms with van der Waals surface area (Å²) in [7, 11) is 0. The SMILES string of the molecule is Cc1nc(C(C)NCC(O)C(F)F)c(C)s1. The van der Waals surface area contributed by atoms with Crippen molar-refractivity contribution >= 4 is 11.3 Å². The molecule has 0 saturated heterocycles. The van der Waals surface area contributed by atoms with E-state index in [-0.39, 0.29) is 12.6 Å². The molecule has 1 rings (SSSR count). The Labute approximate surface area is 97.5 Å². The molecule has 2 unspecified atom stereocenters. The lowest BCUT2D eigenvalue weighted by molar-refractivity contribution is -0.00444. The second kappa shape index (κ2) is 5.65. The molecule has 1 heterocycles. The van der Waals surface area contributed by atoms with Crippen LogP contribution in [0.1, 0.15) is 28.5 Å². The Hall–Kier alpha value is -0.590. The lowest BCUT2D eigenvalue weighted by Gasteiger charge is -2.15. The first kappa shape index (κ1) is 13.5. The van der Waals surface area contributed by atoms with E-state index in [0.717, 1.165) is 15.6 Å². The summed E-state index contributed by atoms with van der Waals surface area (Å²) < 4.78 is 24.1. The highest BCUT2D eigenvalue weighted by atomic mass is 32.1. The van der Waals surface area contributed by atoms with Crippen LogP contribution in [0.4, 0.5) is 8.78 Å². The molecule has 3 nitrogen and oxygen atoms in total. The monoisotopic (exact) mass is 250 g/mol. The van der Waals surface area contributed by atoms with Gasteiger partial charge in [-0.2, -0.15) is 0 Å². The van der Waals surface area contributed by atoms with Crippen LogP contribution in [0.3, 0.4) is 0 Å². The number of hydrogen-bond donors (Lipinski definition) is 2. The molecule has 0 aliphatic carbocycles. The zero-order chi connectivity index (χ0) is 12.3. The number of thiazole rings is 1. The van der Waals surface area contributed by atoms with Crippen LogP contribution in [0, 0.1) is 13.8 Å². The van der Waals surface area contributed by atoms with Crippen LogP contribution >= 0.6 is 11.3 Å². The van der Waals surface area contributed by atoms with Crippen LogP contribution in [0.2, 0.25) is 0 Å². The van der Waals surface area contributed by atoms with E-state index in [1.165, 1.54) is 0 Å². The van der Waals surface area contributed by atoms with Gasteiger partial charge in [0, 0.05) is 17.5 Å². The van der Waals surface area contributed by atoms with E-state index in [0.29, 0.717) is 0 Å². The van der Waals surface area contributed by atoms with Crippen LogP contribution in [0.5, 0.6) is 0 Å². The molecule has 0 bridgehead atoms. The molecule has 1 aromatic rings. The van der Waals surface area contributed by atoms with Gasteiger partial charge in [-0.3, -0.25) is 0 Å². The molecule has 0 radical (unpaired) electrons. The highest BCUT2D eigenvalue weighted by Gasteiger charge is 2.19. The van der Waals surface area contributed by atoms with E-state index in [2.05, 4.69) is 10.3 Å². The highest BCUT2D eigenvalue weighted by Crippen LogP contribution is 2.22. The Balaban J connectivity index is 2.53. The van der Waals surface area contributed by atoms with Gasteiger partial charge in [-0.15, -0.1) is 11.3 Å². The quantitative estimate of drug-likeness (QED) is 0.840. The molecule has 16 heavy (non-hydrogen) atoms. The van der Waals surface area contributed by atoms with Crippen molar-refractivity contribution in [2.24, 2.45) is 0 Å². The van der Waals surface area contributed by atoms with Crippen molar-refractivity contribution < 1.29 is 13.9 Å². The average molecular weight is 250 g/mol. The molecule has 2 N–H and O–H groups in total. The van der Waals surface area contributed by atoms with Gasteiger partial charge < -0.3 is 10.4 Å². The van der Waals surface area contributed by atoms with Crippen LogP contribution in [-0.4, -0.2) is 29.2 Å². The third-order valence-electron chi connectivity index (χ3n) is 2.27. The third-order valence-corrected chi connectivity index (χ3v) is 3.18. The second-order valence-corrected chi connectivity index (χ2v) is 5.11. The van der Waals surface area contributed by atoms with Crippen LogP contribution in [0.15, 0.2) is 0 Å². The second-order valence-electron chi connectivity index (χ2n) is 3.71. The van der Waals surface area contributed by atoms with E-state index in [1.54, 1.807) is 11.3 Å². The molecule has 6 heteroatoms. The van der Waals surface area contributed by atoms with E-state index in [4.69, 9.17) is 5.11 Å². The molecule has 0 fully saturated rings. The zero-order valence-electron chi connectivity index (χ0n) is 9.50. The first-order valence-electron chi connectivity index (χ1n) is 5.05. The predicted octanol–water partition coefficient (Wildman–Crippen LogP) is 2.04. The van der Waals surface area contributed by atoms with Crippen LogP contribution in [0.25, 0.3) is 0 Å². The molecule has 2 atom stereocenters. The number of hydrogen-bond acceptors (Lipinski definition) is 4. The Morgan fingerprint density at radius 2 is 2.06 bits per heavy atom. The Morgan fingerprint density at radius 1 is 1.44 bits per heavy atom. The molecule has 0 aliphatic heterocycles. The van der Waals surface area contributed by atoms with Gasteiger partial charge in [-0.25, -0.2) is 13.8 Å². The van der Waals surface area contributed by atoms with E-state index < -0.39 is 12.5 Å². The Bertz CT molecular complexity index is 344. The maximum atomic E-state index is 12.1. The number of rotatable bonds is 5. The average Bonchev–Trinajstić information content (AvgIpc) is 2.53. The predicted molar refractivity (Wildman–Crippen MR) is 60.0 cm³/mol. The van der Waals surface area contributed by atoms with Gasteiger partial charge in [0.2, 0.25) is 0 Å². The van der Waals surface area contributed by atoms with Gasteiger partial charge in [0.15, 0.2) is 0 Å². The fraction of sp³-hybridized carbons (Fsp3) is 0.700. The topological polar surface area (TPSA) is 45.2 Å². The number of alkyl halides is 2. The molecule has 0 aliphatic rings. The van der Waals surface area contributed by atoms with Gasteiger partial charge in [0.25, 0.3) is 6.43 Å². The highest BCUT2D eigenvalue weighted by molar-refractivity contribution is 7.11. The maximum Gasteiger partial charge on any atom is 0.265 e. The van der Waals surface area contributed by atoms with Gasteiger partial charge in [0.1, 0.15) is 6.10 Å². The summed E-state index contributed by atoms with van der Waals surface area (Å²) in [4.78, 5) is 5.39. The van der Waals surface area contributed by atoms with E-state index >= 15 is 0 Å². The van der Waals surface area contributed by atoms with Gasteiger partial charge in [-0.05, 0) is 20.8 Å². The summed E-state index contributed by atoms with van der Waals surface area (Å²) in [6.07, 6.45) is -4.33. The minimum absolute atomic E-state index is 0.127. The van der Waals surface area contributed by atoms with Gasteiger partial charge in [0.05, 0.1) is 10.7 Å². The van der Waals surface area contributed by atoms with Crippen molar-refractivity contribution in [3.63, 3.8) is 0 Å². The number of aryl methyl sites for hydroxylation is 2. The first-order chi connectivity index (χ1) is 7.41. The smallest absolute Gasteiger partial charge is 0.265 e. The summed E-state index contributed by atoms with van der Waals surface area (Å²) >= 11 is 1.58. The molecule has 0 spiro atoms. The third kappa shape index (κ3) is 3.47. The van der Waals surface area contributed by atoms with Crippen molar-refractivity contribution in [1.82, 2.24) is 10.3 Å². The lowest BCUT2D eigenvalue weighted by atomic mass is 10.2. The summed E-state index contributed by atoms with van der Waals surface area (Å²) in [5, 5.41) is 12.8. The van der Waals surface area contributed by atoms with Crippen molar-refractivity contribution in [1.29, 1.82) is 0 Å². The van der Waals surface area contributed by atoms with Crippen molar-refractivity contribution in [3.8, 4) is 0 Å². The van der Waals surface area contributed by atoms with Crippen molar-refractivity contribution in [3.05, 3.63) is 15.6 Å². The maximum absolute atomic E-state index is 12.1. The fourth-order valence-corrected chi connectivity index (χ4v) is 2.34. The van der Waals surface area contributed by atoms with Crippen LogP contribution in [-0.2, 0) is 0 Å². The van der Waals surface area contributed by atoms with Crippen LogP contribution < -0.4 is 5.32 Å². The summed E-state index contributed by atoms with van der Waals surface area (Å²) in [5.74, 6) is 0. The largest absolute Gasteiger partial charge is 0.386 e. The standard InChI is InChI=1S/C10H16F2N2OS/c1-5(13-4-8(15)10(11)12)9-6(2)16-7(3)14-9/h5,8,10,13,15H,4H2,1-3H3. The minimum Gasteiger partial charge on any atom is -0.386 e. The molecule has 92 valence electrons. The van der Waals surface area contributed by atoms with E-state index in [1.807, 2.05) is 20.8 Å². The molecule has 0 amide bonds. The number of aliphatic hydroxyl groups excluding tert-OH is 1. The summed E-state index contributed by atoms with van der Waals surface area (Å²) in [6.45, 7) is 5.57. The van der Waals surface area contributed by atoms with Gasteiger partial charge in [-0.1, -0.05) is 0 Å². The lowest BCUT2D eigenvalue weighted by Crippen LogP contribution is -2.33. The Kier molecular flexibility index (Phi) is 4.76. The molecule has 1 aromatic heterocycles. The number of aliphatic hydroxyl groups is 1. The normalized spacial score (nSPS) is 15.4. The fourth-order valence-electron chi connectivity index (χ4n) is 1.43. The zero-order valence-corrected chi connectivity index (χ0v) is 10.3. The number of nitrogens with one attached hydrogen (secondary N) is 1. The number of nitrogens with zero attached hydrogens (tertiary/aromatic N) is 1. The molecular formula is C10H16F2N2OS. The number of halogens is 2. The first-order valence-corrected chi connectivity index (χ1v) is 5.87. The van der Waals surface area contributed by atoms with Crippen molar-refractivity contribution in [2.45, 2.75) is 39.3 Å². The molecular weight excluding hydrogens is 234 g/mol. The summed E-state index contributed by atoms with van der Waals surface area (Å²) in [6, 6.07) is -0.127. The minimum atomic E-state index is -2.71. The summed E-state index contributed by atoms with van der Waals surface area (Å²) in [5.41, 5.74) is 0.865. The molecule has 0 aromatic carbocycles. The van der Waals surface area contributed by atoms with Gasteiger partial charge >= 0.3 is 0 Å². The van der Waals surface area contributed by atoms with Crippen molar-refractivity contribution in [2.75, 3.05) is 6.54 Å².